The molecule has 2 atom stereocenters. The molecule has 7 heteroatoms. The minimum absolute atomic E-state index is 0.0215. The first-order valence-corrected chi connectivity index (χ1v) is 9.30. The molecule has 2 N–H and O–H groups in total. The lowest BCUT2D eigenvalue weighted by atomic mass is 9.61. The van der Waals surface area contributed by atoms with Crippen LogP contribution < -0.4 is 10.2 Å². The van der Waals surface area contributed by atoms with Gasteiger partial charge < -0.3 is 15.2 Å². The molecule has 1 aliphatic heterocycles. The number of benzene rings is 1. The standard InChI is InChI=1S/C19H28BFN2O3/c1-13(2)12-18(20(3)26)22-19(25)9-8-17(24)16-10-11-23(16)15-6-4-14(21)5-7-15/h4-7,13,16,18,26H,8-12H2,1-3H3,(H,22,25). The summed E-state index contributed by atoms with van der Waals surface area (Å²) in [5, 5.41) is 12.6. The van der Waals surface area contributed by atoms with Crippen LogP contribution in [0.15, 0.2) is 24.3 Å². The second-order valence-electron chi connectivity index (χ2n) is 7.48. The summed E-state index contributed by atoms with van der Waals surface area (Å²) in [6.45, 7) is 5.86. The first kappa shape index (κ1) is 20.4. The molecular formula is C19H28BFN2O3. The maximum absolute atomic E-state index is 13.0. The van der Waals surface area contributed by atoms with Gasteiger partial charge in [0.25, 0.3) is 0 Å². The molecule has 0 bridgehead atoms. The van der Waals surface area contributed by atoms with E-state index in [0.717, 1.165) is 18.7 Å². The number of Topliss-reactive ketones (excluding diaryl/α,β-unsaturated/α-hetero) is 1. The summed E-state index contributed by atoms with van der Waals surface area (Å²) in [6.07, 6.45) is 1.73. The Morgan fingerprint density at radius 3 is 2.46 bits per heavy atom. The number of nitrogens with one attached hydrogen (secondary N) is 1. The third-order valence-electron chi connectivity index (χ3n) is 4.80. The van der Waals surface area contributed by atoms with E-state index < -0.39 is 6.92 Å². The maximum atomic E-state index is 13.0. The topological polar surface area (TPSA) is 69.6 Å². The second-order valence-corrected chi connectivity index (χ2v) is 7.48. The van der Waals surface area contributed by atoms with Crippen molar-refractivity contribution in [2.45, 2.75) is 58.3 Å². The van der Waals surface area contributed by atoms with Crippen molar-refractivity contribution in [1.29, 1.82) is 0 Å². The molecule has 0 saturated carbocycles. The van der Waals surface area contributed by atoms with Gasteiger partial charge in [-0.25, -0.2) is 4.39 Å². The monoisotopic (exact) mass is 362 g/mol. The normalized spacial score (nSPS) is 17.6. The van der Waals surface area contributed by atoms with Crippen molar-refractivity contribution < 1.29 is 19.0 Å². The van der Waals surface area contributed by atoms with Crippen LogP contribution in [-0.2, 0) is 9.59 Å². The van der Waals surface area contributed by atoms with Crippen LogP contribution in [-0.4, -0.2) is 42.2 Å². The van der Waals surface area contributed by atoms with E-state index in [1.54, 1.807) is 19.0 Å². The molecule has 0 aliphatic carbocycles. The highest BCUT2D eigenvalue weighted by atomic mass is 19.1. The lowest BCUT2D eigenvalue weighted by molar-refractivity contribution is -0.126. The van der Waals surface area contributed by atoms with Gasteiger partial charge in [-0.2, -0.15) is 0 Å². The quantitative estimate of drug-likeness (QED) is 0.662. The number of rotatable bonds is 9. The average molecular weight is 362 g/mol. The molecule has 0 radical (unpaired) electrons. The molecule has 5 nitrogen and oxygen atoms in total. The van der Waals surface area contributed by atoms with Crippen molar-refractivity contribution >= 4 is 24.3 Å². The molecule has 1 aromatic rings. The van der Waals surface area contributed by atoms with Crippen molar-refractivity contribution in [3.63, 3.8) is 0 Å². The Bertz CT molecular complexity index is 622. The van der Waals surface area contributed by atoms with Crippen LogP contribution in [0.2, 0.25) is 6.82 Å². The van der Waals surface area contributed by atoms with Gasteiger partial charge >= 0.3 is 6.92 Å². The van der Waals surface area contributed by atoms with Gasteiger partial charge in [0.15, 0.2) is 5.78 Å². The summed E-state index contributed by atoms with van der Waals surface area (Å²) in [6, 6.07) is 5.86. The number of hydrogen-bond acceptors (Lipinski definition) is 4. The van der Waals surface area contributed by atoms with Crippen molar-refractivity contribution in [2.75, 3.05) is 11.4 Å². The first-order valence-electron chi connectivity index (χ1n) is 9.30. The van der Waals surface area contributed by atoms with Gasteiger partial charge in [-0.1, -0.05) is 20.7 Å². The predicted molar refractivity (Wildman–Crippen MR) is 102 cm³/mol. The van der Waals surface area contributed by atoms with E-state index in [-0.39, 0.29) is 42.3 Å². The maximum Gasteiger partial charge on any atom is 0.308 e. The van der Waals surface area contributed by atoms with Crippen LogP contribution in [0.4, 0.5) is 10.1 Å². The van der Waals surface area contributed by atoms with Crippen LogP contribution in [0.1, 0.15) is 39.5 Å². The van der Waals surface area contributed by atoms with Gasteiger partial charge in [0.05, 0.1) is 6.04 Å². The lowest BCUT2D eigenvalue weighted by Crippen LogP contribution is -2.53. The fourth-order valence-electron chi connectivity index (χ4n) is 3.23. The summed E-state index contributed by atoms with van der Waals surface area (Å²) in [7, 11) is 0. The number of nitrogens with zero attached hydrogens (tertiary/aromatic N) is 1. The second kappa shape index (κ2) is 9.17. The van der Waals surface area contributed by atoms with Gasteiger partial charge in [-0.3, -0.25) is 9.59 Å². The number of ketones is 1. The molecular weight excluding hydrogens is 334 g/mol. The molecule has 1 aliphatic rings. The molecule has 26 heavy (non-hydrogen) atoms. The average Bonchev–Trinajstić information content (AvgIpc) is 2.53. The van der Waals surface area contributed by atoms with Crippen LogP contribution in [0, 0.1) is 11.7 Å². The zero-order chi connectivity index (χ0) is 19.3. The molecule has 1 fully saturated rings. The third kappa shape index (κ3) is 5.56. The minimum atomic E-state index is -0.627. The number of carbonyl (C=O) groups is 2. The highest BCUT2D eigenvalue weighted by Crippen LogP contribution is 2.28. The Labute approximate surface area is 155 Å². The molecule has 2 unspecified atom stereocenters. The zero-order valence-corrected chi connectivity index (χ0v) is 15.7. The van der Waals surface area contributed by atoms with Gasteiger partial charge in [-0.05, 0) is 43.0 Å². The Hall–Kier alpha value is -1.89. The molecule has 1 aromatic carbocycles. The summed E-state index contributed by atoms with van der Waals surface area (Å²) in [5.74, 6) is -0.429. The smallest absolute Gasteiger partial charge is 0.308 e. The number of carbonyl (C=O) groups excluding carboxylic acids is 2. The Kier molecular flexibility index (Phi) is 7.20. The van der Waals surface area contributed by atoms with E-state index in [4.69, 9.17) is 0 Å². The van der Waals surface area contributed by atoms with Gasteiger partial charge in [0, 0.05) is 31.0 Å². The van der Waals surface area contributed by atoms with Crippen molar-refractivity contribution in [3.05, 3.63) is 30.1 Å². The Morgan fingerprint density at radius 1 is 1.31 bits per heavy atom. The number of anilines is 1. The first-order chi connectivity index (χ1) is 12.3. The summed E-state index contributed by atoms with van der Waals surface area (Å²) in [5.41, 5.74) is 0.826. The predicted octanol–water partition coefficient (Wildman–Crippen LogP) is 2.44. The van der Waals surface area contributed by atoms with Crippen molar-refractivity contribution in [2.24, 2.45) is 5.92 Å². The number of amides is 1. The number of halogens is 1. The van der Waals surface area contributed by atoms with Gasteiger partial charge in [0.1, 0.15) is 5.82 Å². The summed E-state index contributed by atoms with van der Waals surface area (Å²) >= 11 is 0. The van der Waals surface area contributed by atoms with Gasteiger partial charge in [0.2, 0.25) is 5.91 Å². The fraction of sp³-hybridized carbons (Fsp3) is 0.579. The van der Waals surface area contributed by atoms with E-state index >= 15 is 0 Å². The van der Waals surface area contributed by atoms with Crippen LogP contribution in [0.5, 0.6) is 0 Å². The van der Waals surface area contributed by atoms with Crippen molar-refractivity contribution in [1.82, 2.24) is 5.32 Å². The molecule has 0 spiro atoms. The third-order valence-corrected chi connectivity index (χ3v) is 4.80. The minimum Gasteiger partial charge on any atom is -0.449 e. The van der Waals surface area contributed by atoms with Crippen LogP contribution in [0.3, 0.4) is 0 Å². The van der Waals surface area contributed by atoms with E-state index in [0.29, 0.717) is 12.3 Å². The molecule has 1 amide bonds. The largest absolute Gasteiger partial charge is 0.449 e. The Morgan fingerprint density at radius 2 is 1.96 bits per heavy atom. The van der Waals surface area contributed by atoms with Crippen molar-refractivity contribution in [3.8, 4) is 0 Å². The highest BCUT2D eigenvalue weighted by Gasteiger charge is 2.34. The molecule has 1 heterocycles. The highest BCUT2D eigenvalue weighted by molar-refractivity contribution is 6.50. The summed E-state index contributed by atoms with van der Waals surface area (Å²) in [4.78, 5) is 26.5. The van der Waals surface area contributed by atoms with E-state index in [9.17, 15) is 19.0 Å². The molecule has 0 aromatic heterocycles. The zero-order valence-electron chi connectivity index (χ0n) is 15.7. The fourth-order valence-corrected chi connectivity index (χ4v) is 3.23. The van der Waals surface area contributed by atoms with Crippen LogP contribution >= 0.6 is 0 Å². The van der Waals surface area contributed by atoms with Gasteiger partial charge in [-0.15, -0.1) is 0 Å². The van der Waals surface area contributed by atoms with E-state index in [1.165, 1.54) is 12.1 Å². The summed E-state index contributed by atoms with van der Waals surface area (Å²) < 4.78 is 13.0. The number of hydrogen-bond donors (Lipinski definition) is 2. The Balaban J connectivity index is 1.82. The molecule has 2 rings (SSSR count). The van der Waals surface area contributed by atoms with Crippen LogP contribution in [0.25, 0.3) is 0 Å². The molecule has 142 valence electrons. The SMILES string of the molecule is CB(O)C(CC(C)C)NC(=O)CCC(=O)C1CCN1c1ccc(F)cc1. The molecule has 1 saturated heterocycles. The lowest BCUT2D eigenvalue weighted by Gasteiger charge is -2.41. The van der Waals surface area contributed by atoms with E-state index in [1.807, 2.05) is 18.7 Å². The van der Waals surface area contributed by atoms with E-state index in [2.05, 4.69) is 5.32 Å².